The number of carboxylic acid groups (broad SMARTS) is 1. The summed E-state index contributed by atoms with van der Waals surface area (Å²) >= 11 is 0. The molecule has 2 aliphatic carbocycles. The number of alkyl carbamates (subject to hydrolysis) is 1. The molecule has 4 atom stereocenters. The SMILES string of the molecule is CC(=O)OCC1CN(C(=O)CCNC(=O)OCC2[C@H]3CCC#CCC[C@@H]23)CCN1CC(=O)O. The van der Waals surface area contributed by atoms with Gasteiger partial charge in [0.2, 0.25) is 5.91 Å². The molecule has 0 spiro atoms. The number of fused-ring (bicyclic) bond motifs is 1. The van der Waals surface area contributed by atoms with Gasteiger partial charge in [0.15, 0.2) is 0 Å². The van der Waals surface area contributed by atoms with Gasteiger partial charge >= 0.3 is 18.0 Å². The predicted molar refractivity (Wildman–Crippen MR) is 117 cm³/mol. The Morgan fingerprint density at radius 2 is 1.73 bits per heavy atom. The second-order valence-electron chi connectivity index (χ2n) is 8.86. The lowest BCUT2D eigenvalue weighted by atomic mass is 10.1. The van der Waals surface area contributed by atoms with Crippen molar-refractivity contribution in [1.29, 1.82) is 0 Å². The average molecular weight is 464 g/mol. The van der Waals surface area contributed by atoms with Crippen LogP contribution in [0.5, 0.6) is 0 Å². The maximum Gasteiger partial charge on any atom is 0.407 e. The van der Waals surface area contributed by atoms with Crippen molar-refractivity contribution in [3.05, 3.63) is 0 Å². The van der Waals surface area contributed by atoms with Gasteiger partial charge in [-0.15, -0.1) is 11.8 Å². The third kappa shape index (κ3) is 7.63. The van der Waals surface area contributed by atoms with Crippen LogP contribution in [0.4, 0.5) is 4.79 Å². The van der Waals surface area contributed by atoms with Crippen LogP contribution in [0.2, 0.25) is 0 Å². The van der Waals surface area contributed by atoms with Crippen molar-refractivity contribution in [2.45, 2.75) is 45.1 Å². The van der Waals surface area contributed by atoms with Crippen LogP contribution < -0.4 is 5.32 Å². The summed E-state index contributed by atoms with van der Waals surface area (Å²) in [6.45, 7) is 2.69. The van der Waals surface area contributed by atoms with E-state index >= 15 is 0 Å². The van der Waals surface area contributed by atoms with Crippen molar-refractivity contribution < 1.29 is 33.8 Å². The molecule has 10 heteroatoms. The lowest BCUT2D eigenvalue weighted by molar-refractivity contribution is -0.146. The van der Waals surface area contributed by atoms with Crippen molar-refractivity contribution in [2.75, 3.05) is 45.9 Å². The highest BCUT2D eigenvalue weighted by Crippen LogP contribution is 2.52. The number of hydrogen-bond acceptors (Lipinski definition) is 7. The van der Waals surface area contributed by atoms with Crippen molar-refractivity contribution in [2.24, 2.45) is 17.8 Å². The zero-order chi connectivity index (χ0) is 23.8. The number of hydrogen-bond donors (Lipinski definition) is 2. The highest BCUT2D eigenvalue weighted by molar-refractivity contribution is 5.77. The molecule has 2 N–H and O–H groups in total. The highest BCUT2D eigenvalue weighted by atomic mass is 16.5. The molecule has 182 valence electrons. The van der Waals surface area contributed by atoms with E-state index in [2.05, 4.69) is 17.2 Å². The fourth-order valence-electron chi connectivity index (χ4n) is 4.81. The fraction of sp³-hybridized carbons (Fsp3) is 0.739. The average Bonchev–Trinajstić information content (AvgIpc) is 3.39. The Kier molecular flexibility index (Phi) is 8.95. The Bertz CT molecular complexity index is 788. The normalized spacial score (nSPS) is 26.5. The van der Waals surface area contributed by atoms with E-state index in [1.54, 1.807) is 9.80 Å². The predicted octanol–water partition coefficient (Wildman–Crippen LogP) is 0.703. The monoisotopic (exact) mass is 463 g/mol. The summed E-state index contributed by atoms with van der Waals surface area (Å²) in [7, 11) is 0. The van der Waals surface area contributed by atoms with Crippen LogP contribution in [0.1, 0.15) is 39.0 Å². The summed E-state index contributed by atoms with van der Waals surface area (Å²) in [5, 5.41) is 11.7. The molecule has 0 aromatic heterocycles. The molecule has 1 saturated heterocycles. The number of piperazine rings is 1. The van der Waals surface area contributed by atoms with Crippen molar-refractivity contribution in [3.8, 4) is 11.8 Å². The lowest BCUT2D eigenvalue weighted by Gasteiger charge is -2.40. The molecule has 33 heavy (non-hydrogen) atoms. The van der Waals surface area contributed by atoms with Crippen LogP contribution in [-0.4, -0.2) is 90.8 Å². The maximum atomic E-state index is 12.6. The van der Waals surface area contributed by atoms with Gasteiger partial charge in [0.05, 0.1) is 19.2 Å². The Labute approximate surface area is 193 Å². The van der Waals surface area contributed by atoms with E-state index in [-0.39, 0.29) is 44.6 Å². The van der Waals surface area contributed by atoms with Gasteiger partial charge in [-0.2, -0.15) is 0 Å². The summed E-state index contributed by atoms with van der Waals surface area (Å²) in [5.74, 6) is 6.36. The number of nitrogens with one attached hydrogen (secondary N) is 1. The molecule has 0 bridgehead atoms. The van der Waals surface area contributed by atoms with E-state index in [1.165, 1.54) is 6.92 Å². The Balaban J connectivity index is 1.35. The molecular formula is C23H33N3O7. The number of aliphatic carboxylic acids is 1. The van der Waals surface area contributed by atoms with Crippen LogP contribution in [0.15, 0.2) is 0 Å². The summed E-state index contributed by atoms with van der Waals surface area (Å²) < 4.78 is 10.4. The second kappa shape index (κ2) is 11.9. The molecule has 3 aliphatic rings. The molecule has 1 saturated carbocycles. The number of esters is 1. The quantitative estimate of drug-likeness (QED) is 0.378. The minimum absolute atomic E-state index is 0.0201. The van der Waals surface area contributed by atoms with E-state index in [4.69, 9.17) is 14.6 Å². The zero-order valence-corrected chi connectivity index (χ0v) is 19.1. The topological polar surface area (TPSA) is 125 Å². The summed E-state index contributed by atoms with van der Waals surface area (Å²) in [6.07, 6.45) is 3.56. The van der Waals surface area contributed by atoms with Crippen LogP contribution in [-0.2, 0) is 23.9 Å². The Hall–Kier alpha value is -2.80. The van der Waals surface area contributed by atoms with Gasteiger partial charge in [0.25, 0.3) is 0 Å². The molecule has 2 fully saturated rings. The molecule has 3 rings (SSSR count). The Morgan fingerprint density at radius 3 is 2.36 bits per heavy atom. The molecule has 0 radical (unpaired) electrons. The summed E-state index contributed by atoms with van der Waals surface area (Å²) in [4.78, 5) is 50.1. The van der Waals surface area contributed by atoms with Gasteiger partial charge < -0.3 is 24.8 Å². The smallest absolute Gasteiger partial charge is 0.407 e. The molecule has 2 unspecified atom stereocenters. The van der Waals surface area contributed by atoms with Gasteiger partial charge in [0, 0.05) is 52.4 Å². The number of amides is 2. The first-order chi connectivity index (χ1) is 15.8. The Morgan fingerprint density at radius 1 is 1.03 bits per heavy atom. The molecule has 10 nitrogen and oxygen atoms in total. The third-order valence-electron chi connectivity index (χ3n) is 6.63. The van der Waals surface area contributed by atoms with Gasteiger partial charge in [-0.1, -0.05) is 0 Å². The van der Waals surface area contributed by atoms with E-state index in [9.17, 15) is 19.2 Å². The molecule has 1 heterocycles. The highest BCUT2D eigenvalue weighted by Gasteiger charge is 2.49. The standard InChI is InChI=1S/C23H33N3O7/c1-16(27)32-14-17-12-26(11-10-25(17)13-22(29)30)21(28)8-9-24-23(31)33-15-20-18-6-4-2-3-5-7-19(18)20/h17-20H,4-15H2,1H3,(H,24,31)(H,29,30)/t17?,18-,19+,20?. The lowest BCUT2D eigenvalue weighted by Crippen LogP contribution is -2.57. The zero-order valence-electron chi connectivity index (χ0n) is 19.1. The van der Waals surface area contributed by atoms with E-state index < -0.39 is 18.0 Å². The summed E-state index contributed by atoms with van der Waals surface area (Å²) in [6, 6.07) is -0.388. The minimum Gasteiger partial charge on any atom is -0.480 e. The van der Waals surface area contributed by atoms with Gasteiger partial charge in [-0.3, -0.25) is 19.3 Å². The van der Waals surface area contributed by atoms with Crippen LogP contribution >= 0.6 is 0 Å². The number of ether oxygens (including phenoxy) is 2. The van der Waals surface area contributed by atoms with E-state index in [0.29, 0.717) is 37.5 Å². The van der Waals surface area contributed by atoms with Crippen LogP contribution in [0.3, 0.4) is 0 Å². The maximum absolute atomic E-state index is 12.6. The van der Waals surface area contributed by atoms with Crippen LogP contribution in [0, 0.1) is 29.6 Å². The molecule has 1 aliphatic heterocycles. The number of carbonyl (C=O) groups is 4. The fourth-order valence-corrected chi connectivity index (χ4v) is 4.81. The first-order valence-corrected chi connectivity index (χ1v) is 11.6. The van der Waals surface area contributed by atoms with Gasteiger partial charge in [-0.25, -0.2) is 4.79 Å². The third-order valence-corrected chi connectivity index (χ3v) is 6.63. The van der Waals surface area contributed by atoms with Crippen molar-refractivity contribution >= 4 is 23.9 Å². The van der Waals surface area contributed by atoms with Gasteiger partial charge in [-0.05, 0) is 30.6 Å². The number of rotatable bonds is 9. The van der Waals surface area contributed by atoms with Gasteiger partial charge in [0.1, 0.15) is 6.61 Å². The number of carboxylic acids is 1. The second-order valence-corrected chi connectivity index (χ2v) is 8.86. The van der Waals surface area contributed by atoms with Crippen LogP contribution in [0.25, 0.3) is 0 Å². The first-order valence-electron chi connectivity index (χ1n) is 11.6. The first kappa shape index (κ1) is 24.8. The van der Waals surface area contributed by atoms with E-state index in [1.807, 2.05) is 0 Å². The number of nitrogens with zero attached hydrogens (tertiary/aromatic N) is 2. The molecular weight excluding hydrogens is 430 g/mol. The largest absolute Gasteiger partial charge is 0.480 e. The molecule has 0 aromatic rings. The van der Waals surface area contributed by atoms with Crippen molar-refractivity contribution in [1.82, 2.24) is 15.1 Å². The van der Waals surface area contributed by atoms with E-state index in [0.717, 1.165) is 25.7 Å². The molecule has 2 amide bonds. The number of carbonyl (C=O) groups excluding carboxylic acids is 3. The molecule has 0 aromatic carbocycles. The van der Waals surface area contributed by atoms with Crippen molar-refractivity contribution in [3.63, 3.8) is 0 Å². The summed E-state index contributed by atoms with van der Waals surface area (Å²) in [5.41, 5.74) is 0. The minimum atomic E-state index is -0.977.